The summed E-state index contributed by atoms with van der Waals surface area (Å²) in [6, 6.07) is 8.39. The summed E-state index contributed by atoms with van der Waals surface area (Å²) < 4.78 is 12.2. The highest BCUT2D eigenvalue weighted by atomic mass is 16.5. The van der Waals surface area contributed by atoms with Crippen LogP contribution in [0.3, 0.4) is 0 Å². The highest BCUT2D eigenvalue weighted by molar-refractivity contribution is 5.31. The summed E-state index contributed by atoms with van der Waals surface area (Å²) in [6.45, 7) is 6.32. The fraction of sp³-hybridized carbons (Fsp3) is 0.833. The molecule has 2 saturated carbocycles. The van der Waals surface area contributed by atoms with E-state index in [4.69, 9.17) is 9.47 Å². The highest BCUT2D eigenvalue weighted by Crippen LogP contribution is 2.37. The molecule has 2 heteroatoms. The van der Waals surface area contributed by atoms with E-state index in [2.05, 4.69) is 38.1 Å². The van der Waals surface area contributed by atoms with Crippen LogP contribution in [0.2, 0.25) is 0 Å². The predicted octanol–water partition coefficient (Wildman–Crippen LogP) is 11.6. The van der Waals surface area contributed by atoms with E-state index in [0.717, 1.165) is 48.4 Å². The van der Waals surface area contributed by atoms with Crippen molar-refractivity contribution in [3.05, 3.63) is 24.3 Å². The minimum absolute atomic E-state index is 0.847. The van der Waals surface area contributed by atoms with Crippen molar-refractivity contribution in [2.45, 2.75) is 155 Å². The fourth-order valence-corrected chi connectivity index (χ4v) is 7.46. The second-order valence-electron chi connectivity index (χ2n) is 12.8. The van der Waals surface area contributed by atoms with Crippen LogP contribution in [0.25, 0.3) is 0 Å². The Morgan fingerprint density at radius 3 is 1.16 bits per heavy atom. The average molecular weight is 527 g/mol. The normalized spacial score (nSPS) is 23.8. The molecule has 3 rings (SSSR count). The molecule has 2 nitrogen and oxygen atoms in total. The molecule has 4 unspecified atom stereocenters. The van der Waals surface area contributed by atoms with Crippen LogP contribution in [0.1, 0.15) is 155 Å². The van der Waals surface area contributed by atoms with Gasteiger partial charge in [0.25, 0.3) is 0 Å². The number of rotatable bonds is 20. The highest BCUT2D eigenvalue weighted by Gasteiger charge is 2.25. The summed E-state index contributed by atoms with van der Waals surface area (Å²) in [6.07, 6.45) is 30.9. The molecule has 0 spiro atoms. The van der Waals surface area contributed by atoms with Crippen LogP contribution in [0, 0.1) is 23.7 Å². The Morgan fingerprint density at radius 1 is 0.474 bits per heavy atom. The fourth-order valence-electron chi connectivity index (χ4n) is 7.46. The summed E-state index contributed by atoms with van der Waals surface area (Å²) in [5.41, 5.74) is 0. The molecule has 0 radical (unpaired) electrons. The molecule has 0 aromatic heterocycles. The van der Waals surface area contributed by atoms with Crippen LogP contribution < -0.4 is 9.47 Å². The molecule has 0 saturated heterocycles. The molecule has 1 aromatic rings. The van der Waals surface area contributed by atoms with Gasteiger partial charge in [0, 0.05) is 0 Å². The number of ether oxygens (including phenoxy) is 2. The van der Waals surface area contributed by atoms with E-state index in [1.807, 2.05) is 0 Å². The van der Waals surface area contributed by atoms with Gasteiger partial charge in [0.1, 0.15) is 11.5 Å². The van der Waals surface area contributed by atoms with Gasteiger partial charge in [-0.2, -0.15) is 0 Å². The summed E-state index contributed by atoms with van der Waals surface area (Å²) in [4.78, 5) is 0. The van der Waals surface area contributed by atoms with Gasteiger partial charge in [-0.25, -0.2) is 0 Å². The van der Waals surface area contributed by atoms with Gasteiger partial charge in [0.05, 0.1) is 13.2 Å². The van der Waals surface area contributed by atoms with Crippen molar-refractivity contribution in [2.24, 2.45) is 23.7 Å². The van der Waals surface area contributed by atoms with Crippen molar-refractivity contribution in [2.75, 3.05) is 13.2 Å². The Hall–Kier alpha value is -1.18. The van der Waals surface area contributed by atoms with Gasteiger partial charge in [-0.15, -0.1) is 0 Å². The van der Waals surface area contributed by atoms with Crippen LogP contribution in [0.15, 0.2) is 24.3 Å². The van der Waals surface area contributed by atoms with Gasteiger partial charge in [0.2, 0.25) is 0 Å². The van der Waals surface area contributed by atoms with Crippen molar-refractivity contribution >= 4 is 0 Å². The predicted molar refractivity (Wildman–Crippen MR) is 164 cm³/mol. The quantitative estimate of drug-likeness (QED) is 0.157. The molecule has 0 amide bonds. The zero-order valence-corrected chi connectivity index (χ0v) is 25.4. The number of benzene rings is 1. The minimum Gasteiger partial charge on any atom is -0.494 e. The van der Waals surface area contributed by atoms with Gasteiger partial charge >= 0.3 is 0 Å². The van der Waals surface area contributed by atoms with Gasteiger partial charge in [0.15, 0.2) is 0 Å². The summed E-state index contributed by atoms with van der Waals surface area (Å²) in [7, 11) is 0. The Bertz CT molecular complexity index is 624. The molecule has 1 aromatic carbocycles. The topological polar surface area (TPSA) is 18.5 Å². The molecular formula is C36H62O2. The summed E-state index contributed by atoms with van der Waals surface area (Å²) in [5.74, 6) is 5.82. The lowest BCUT2D eigenvalue weighted by Crippen LogP contribution is -2.20. The summed E-state index contributed by atoms with van der Waals surface area (Å²) >= 11 is 0. The third kappa shape index (κ3) is 12.3. The van der Waals surface area contributed by atoms with E-state index in [-0.39, 0.29) is 0 Å². The van der Waals surface area contributed by atoms with Crippen molar-refractivity contribution < 1.29 is 9.47 Å². The molecule has 0 bridgehead atoms. The number of unbranched alkanes of at least 4 members (excludes halogenated alkanes) is 6. The van der Waals surface area contributed by atoms with Crippen LogP contribution in [0.4, 0.5) is 0 Å². The van der Waals surface area contributed by atoms with Crippen LogP contribution in [0.5, 0.6) is 11.5 Å². The molecule has 0 aliphatic heterocycles. The molecule has 2 fully saturated rings. The van der Waals surface area contributed by atoms with Crippen molar-refractivity contribution in [3.63, 3.8) is 0 Å². The lowest BCUT2D eigenvalue weighted by atomic mass is 9.74. The van der Waals surface area contributed by atoms with E-state index >= 15 is 0 Å². The molecule has 4 atom stereocenters. The molecule has 218 valence electrons. The van der Waals surface area contributed by atoms with Crippen LogP contribution >= 0.6 is 0 Å². The number of hydrogen-bond acceptors (Lipinski definition) is 2. The Balaban J connectivity index is 1.26. The van der Waals surface area contributed by atoms with Gasteiger partial charge in [-0.3, -0.25) is 0 Å². The zero-order valence-electron chi connectivity index (χ0n) is 25.4. The Labute approximate surface area is 237 Å². The van der Waals surface area contributed by atoms with Gasteiger partial charge in [-0.1, -0.05) is 129 Å². The molecule has 2 aliphatic carbocycles. The smallest absolute Gasteiger partial charge is 0.119 e. The van der Waals surface area contributed by atoms with Crippen LogP contribution in [-0.4, -0.2) is 13.2 Å². The second-order valence-corrected chi connectivity index (χ2v) is 12.8. The molecule has 0 N–H and O–H groups in total. The summed E-state index contributed by atoms with van der Waals surface area (Å²) in [5, 5.41) is 0. The first-order valence-corrected chi connectivity index (χ1v) is 17.2. The third-order valence-corrected chi connectivity index (χ3v) is 9.79. The lowest BCUT2D eigenvalue weighted by molar-refractivity contribution is 0.189. The van der Waals surface area contributed by atoms with Gasteiger partial charge in [-0.05, 0) is 73.6 Å². The Kier molecular flexibility index (Phi) is 16.3. The molecule has 2 aliphatic rings. The van der Waals surface area contributed by atoms with E-state index in [1.165, 1.54) is 141 Å². The maximum absolute atomic E-state index is 6.11. The maximum atomic E-state index is 6.11. The number of hydrogen-bond donors (Lipinski definition) is 0. The molecule has 38 heavy (non-hydrogen) atoms. The Morgan fingerprint density at radius 2 is 0.816 bits per heavy atom. The largest absolute Gasteiger partial charge is 0.494 e. The SMILES string of the molecule is CCCCCCC1CCCCC1CCCOc1ccc(OCCCC2CCCCC2CCCCCC)cc1. The molecular weight excluding hydrogens is 464 g/mol. The van der Waals surface area contributed by atoms with E-state index < -0.39 is 0 Å². The first-order valence-electron chi connectivity index (χ1n) is 17.2. The standard InChI is InChI=1S/C36H62O2/c1-3-5-7-9-17-31-19-11-13-21-33(31)23-15-29-37-35-25-27-36(28-26-35)38-30-16-24-34-22-14-12-20-32(34)18-10-8-6-4-2/h25-28,31-34H,3-24,29-30H2,1-2H3. The average Bonchev–Trinajstić information content (AvgIpc) is 2.96. The van der Waals surface area contributed by atoms with Crippen molar-refractivity contribution in [1.29, 1.82) is 0 Å². The molecule has 0 heterocycles. The first kappa shape index (κ1) is 31.3. The van der Waals surface area contributed by atoms with Gasteiger partial charge < -0.3 is 9.47 Å². The maximum Gasteiger partial charge on any atom is 0.119 e. The third-order valence-electron chi connectivity index (χ3n) is 9.79. The lowest BCUT2D eigenvalue weighted by Gasteiger charge is -2.32. The van der Waals surface area contributed by atoms with E-state index in [1.54, 1.807) is 0 Å². The zero-order chi connectivity index (χ0) is 26.7. The monoisotopic (exact) mass is 526 g/mol. The van der Waals surface area contributed by atoms with Crippen molar-refractivity contribution in [1.82, 2.24) is 0 Å². The minimum atomic E-state index is 0.847. The van der Waals surface area contributed by atoms with Crippen LogP contribution in [-0.2, 0) is 0 Å². The van der Waals surface area contributed by atoms with E-state index in [0.29, 0.717) is 0 Å². The van der Waals surface area contributed by atoms with E-state index in [9.17, 15) is 0 Å². The van der Waals surface area contributed by atoms with Crippen molar-refractivity contribution in [3.8, 4) is 11.5 Å². The first-order chi connectivity index (χ1) is 18.8. The second kappa shape index (κ2) is 19.8.